The first-order valence-corrected chi connectivity index (χ1v) is 10.2. The standard InChI is InChI=1S/C19H30N4S.HI/c1-20-19(21-12-14-24-18-9-3-2-4-10-18)22-16-11-13-23(15-16)17-7-5-6-8-17;/h2-4,9-10,16-17H,5-8,11-15H2,1H3,(H2,20,21,22);1H. The van der Waals surface area contributed by atoms with Crippen LogP contribution in [0.4, 0.5) is 0 Å². The Morgan fingerprint density at radius 1 is 1.20 bits per heavy atom. The molecule has 1 aromatic carbocycles. The summed E-state index contributed by atoms with van der Waals surface area (Å²) in [7, 11) is 1.86. The molecule has 1 saturated carbocycles. The van der Waals surface area contributed by atoms with E-state index in [4.69, 9.17) is 0 Å². The highest BCUT2D eigenvalue weighted by molar-refractivity contribution is 14.0. The summed E-state index contributed by atoms with van der Waals surface area (Å²) in [4.78, 5) is 8.39. The summed E-state index contributed by atoms with van der Waals surface area (Å²) < 4.78 is 0. The number of nitrogens with one attached hydrogen (secondary N) is 2. The summed E-state index contributed by atoms with van der Waals surface area (Å²) in [6.07, 6.45) is 6.87. The maximum absolute atomic E-state index is 4.39. The van der Waals surface area contributed by atoms with Crippen LogP contribution in [0.5, 0.6) is 0 Å². The average Bonchev–Trinajstić information content (AvgIpc) is 3.30. The predicted octanol–water partition coefficient (Wildman–Crippen LogP) is 3.58. The van der Waals surface area contributed by atoms with Gasteiger partial charge in [-0.2, -0.15) is 0 Å². The SMILES string of the molecule is CN=C(NCCSc1ccccc1)NC1CCN(C2CCCC2)C1.I. The molecule has 2 aliphatic rings. The largest absolute Gasteiger partial charge is 0.356 e. The van der Waals surface area contributed by atoms with E-state index in [-0.39, 0.29) is 24.0 Å². The molecule has 2 N–H and O–H groups in total. The molecule has 6 heteroatoms. The van der Waals surface area contributed by atoms with Crippen molar-refractivity contribution < 1.29 is 0 Å². The summed E-state index contributed by atoms with van der Waals surface area (Å²) in [6.45, 7) is 3.34. The van der Waals surface area contributed by atoms with Crippen molar-refractivity contribution in [3.8, 4) is 0 Å². The molecule has 2 fully saturated rings. The fraction of sp³-hybridized carbons (Fsp3) is 0.632. The highest BCUT2D eigenvalue weighted by Gasteiger charge is 2.30. The number of guanidine groups is 1. The predicted molar refractivity (Wildman–Crippen MR) is 119 cm³/mol. The molecule has 0 spiro atoms. The lowest BCUT2D eigenvalue weighted by molar-refractivity contribution is 0.242. The van der Waals surface area contributed by atoms with Gasteiger partial charge in [-0.25, -0.2) is 0 Å². The Balaban J connectivity index is 0.00000225. The quantitative estimate of drug-likeness (QED) is 0.218. The van der Waals surface area contributed by atoms with Crippen molar-refractivity contribution in [2.75, 3.05) is 32.4 Å². The van der Waals surface area contributed by atoms with Crippen LogP contribution in [0.25, 0.3) is 0 Å². The molecule has 1 atom stereocenters. The first kappa shape index (κ1) is 20.8. The number of likely N-dealkylation sites (tertiary alicyclic amines) is 1. The monoisotopic (exact) mass is 474 g/mol. The van der Waals surface area contributed by atoms with E-state index < -0.39 is 0 Å². The lowest BCUT2D eigenvalue weighted by Gasteiger charge is -2.24. The van der Waals surface area contributed by atoms with E-state index in [9.17, 15) is 0 Å². The fourth-order valence-corrected chi connectivity index (χ4v) is 4.54. The van der Waals surface area contributed by atoms with Gasteiger partial charge in [0.15, 0.2) is 5.96 Å². The van der Waals surface area contributed by atoms with Gasteiger partial charge in [0.25, 0.3) is 0 Å². The minimum absolute atomic E-state index is 0. The van der Waals surface area contributed by atoms with Gasteiger partial charge in [0, 0.05) is 49.4 Å². The number of hydrogen-bond donors (Lipinski definition) is 2. The second-order valence-corrected chi connectivity index (χ2v) is 7.89. The van der Waals surface area contributed by atoms with E-state index in [1.54, 1.807) is 0 Å². The summed E-state index contributed by atoms with van der Waals surface area (Å²) in [6, 6.07) is 11.9. The highest BCUT2D eigenvalue weighted by Crippen LogP contribution is 2.26. The van der Waals surface area contributed by atoms with Crippen LogP contribution in [0.15, 0.2) is 40.2 Å². The van der Waals surface area contributed by atoms with Crippen LogP contribution in [0.2, 0.25) is 0 Å². The van der Waals surface area contributed by atoms with Crippen LogP contribution in [-0.2, 0) is 0 Å². The molecule has 1 heterocycles. The third-order valence-electron chi connectivity index (χ3n) is 5.03. The minimum Gasteiger partial charge on any atom is -0.356 e. The van der Waals surface area contributed by atoms with Gasteiger partial charge in [-0.05, 0) is 31.4 Å². The van der Waals surface area contributed by atoms with Crippen molar-refractivity contribution in [3.05, 3.63) is 30.3 Å². The van der Waals surface area contributed by atoms with Gasteiger partial charge in [-0.3, -0.25) is 9.89 Å². The number of aliphatic imine (C=N–C) groups is 1. The molecule has 1 unspecified atom stereocenters. The Labute approximate surface area is 173 Å². The highest BCUT2D eigenvalue weighted by atomic mass is 127. The van der Waals surface area contributed by atoms with E-state index in [1.807, 2.05) is 18.8 Å². The van der Waals surface area contributed by atoms with Crippen molar-refractivity contribution in [3.63, 3.8) is 0 Å². The Hall–Kier alpha value is -0.470. The number of thioether (sulfide) groups is 1. The van der Waals surface area contributed by atoms with Crippen molar-refractivity contribution >= 4 is 41.7 Å². The van der Waals surface area contributed by atoms with Crippen LogP contribution >= 0.6 is 35.7 Å². The maximum Gasteiger partial charge on any atom is 0.191 e. The van der Waals surface area contributed by atoms with Crippen molar-refractivity contribution in [2.45, 2.75) is 49.1 Å². The molecule has 1 aromatic rings. The van der Waals surface area contributed by atoms with Gasteiger partial charge in [-0.15, -0.1) is 35.7 Å². The first-order chi connectivity index (χ1) is 11.8. The maximum atomic E-state index is 4.39. The topological polar surface area (TPSA) is 39.7 Å². The summed E-state index contributed by atoms with van der Waals surface area (Å²) >= 11 is 1.88. The van der Waals surface area contributed by atoms with Crippen LogP contribution < -0.4 is 10.6 Å². The van der Waals surface area contributed by atoms with E-state index in [2.05, 4.69) is 50.9 Å². The number of benzene rings is 1. The summed E-state index contributed by atoms with van der Waals surface area (Å²) in [5.41, 5.74) is 0. The molecule has 1 aliphatic heterocycles. The Morgan fingerprint density at radius 2 is 1.96 bits per heavy atom. The molecule has 0 aromatic heterocycles. The molecular weight excluding hydrogens is 443 g/mol. The van der Waals surface area contributed by atoms with E-state index in [0.29, 0.717) is 6.04 Å². The Kier molecular flexibility index (Phi) is 9.41. The van der Waals surface area contributed by atoms with Gasteiger partial charge < -0.3 is 10.6 Å². The molecule has 1 saturated heterocycles. The molecule has 3 rings (SSSR count). The van der Waals surface area contributed by atoms with Gasteiger partial charge in [0.05, 0.1) is 0 Å². The second kappa shape index (κ2) is 11.3. The molecule has 0 radical (unpaired) electrons. The summed E-state index contributed by atoms with van der Waals surface area (Å²) in [5.74, 6) is 1.99. The van der Waals surface area contributed by atoms with Gasteiger partial charge in [0.2, 0.25) is 0 Å². The average molecular weight is 474 g/mol. The van der Waals surface area contributed by atoms with E-state index >= 15 is 0 Å². The summed E-state index contributed by atoms with van der Waals surface area (Å²) in [5, 5.41) is 7.06. The molecule has 1 aliphatic carbocycles. The van der Waals surface area contributed by atoms with E-state index in [0.717, 1.165) is 24.3 Å². The van der Waals surface area contributed by atoms with Crippen LogP contribution in [-0.4, -0.2) is 55.4 Å². The normalized spacial score (nSPS) is 22.0. The lowest BCUT2D eigenvalue weighted by Crippen LogP contribution is -2.45. The second-order valence-electron chi connectivity index (χ2n) is 6.72. The molecule has 140 valence electrons. The van der Waals surface area contributed by atoms with Crippen molar-refractivity contribution in [1.29, 1.82) is 0 Å². The van der Waals surface area contributed by atoms with Crippen LogP contribution in [0, 0.1) is 0 Å². The minimum atomic E-state index is 0. The zero-order valence-electron chi connectivity index (χ0n) is 15.1. The van der Waals surface area contributed by atoms with Crippen LogP contribution in [0.1, 0.15) is 32.1 Å². The van der Waals surface area contributed by atoms with Crippen molar-refractivity contribution in [1.82, 2.24) is 15.5 Å². The number of nitrogens with zero attached hydrogens (tertiary/aromatic N) is 2. The fourth-order valence-electron chi connectivity index (χ4n) is 3.75. The zero-order valence-corrected chi connectivity index (χ0v) is 18.3. The number of hydrogen-bond acceptors (Lipinski definition) is 3. The third-order valence-corrected chi connectivity index (χ3v) is 6.05. The van der Waals surface area contributed by atoms with Gasteiger partial charge in [-0.1, -0.05) is 31.0 Å². The molecule has 0 amide bonds. The third kappa shape index (κ3) is 6.64. The zero-order chi connectivity index (χ0) is 16.6. The first-order valence-electron chi connectivity index (χ1n) is 9.24. The molecule has 25 heavy (non-hydrogen) atoms. The molecular formula is C19H31IN4S. The Bertz CT molecular complexity index is 519. The lowest BCUT2D eigenvalue weighted by atomic mass is 10.2. The Morgan fingerprint density at radius 3 is 2.68 bits per heavy atom. The number of rotatable bonds is 6. The van der Waals surface area contributed by atoms with E-state index in [1.165, 1.54) is 50.1 Å². The number of halogens is 1. The molecule has 0 bridgehead atoms. The van der Waals surface area contributed by atoms with Gasteiger partial charge in [0.1, 0.15) is 0 Å². The van der Waals surface area contributed by atoms with Crippen LogP contribution in [0.3, 0.4) is 0 Å². The molecule has 4 nitrogen and oxygen atoms in total. The smallest absolute Gasteiger partial charge is 0.191 e. The van der Waals surface area contributed by atoms with Crippen molar-refractivity contribution in [2.24, 2.45) is 4.99 Å². The van der Waals surface area contributed by atoms with Gasteiger partial charge >= 0.3 is 0 Å².